The highest BCUT2D eigenvalue weighted by Gasteiger charge is 2.19. The number of ether oxygens (including phenoxy) is 1. The SMILES string of the molecule is CCCCCN(Cc1nc(C(=O)OC)co1)C(=O)Nc1ccc(SC)cc1. The summed E-state index contributed by atoms with van der Waals surface area (Å²) in [6.07, 6.45) is 6.19. The Labute approximate surface area is 163 Å². The fraction of sp³-hybridized carbons (Fsp3) is 0.421. The van der Waals surface area contributed by atoms with Crippen molar-refractivity contribution in [1.29, 1.82) is 0 Å². The number of hydrogen-bond acceptors (Lipinski definition) is 6. The molecule has 1 aromatic heterocycles. The van der Waals surface area contributed by atoms with Crippen molar-refractivity contribution >= 4 is 29.4 Å². The lowest BCUT2D eigenvalue weighted by Gasteiger charge is -2.21. The van der Waals surface area contributed by atoms with E-state index < -0.39 is 5.97 Å². The number of esters is 1. The van der Waals surface area contributed by atoms with Gasteiger partial charge in [0.15, 0.2) is 5.69 Å². The smallest absolute Gasteiger partial charge is 0.360 e. The van der Waals surface area contributed by atoms with Gasteiger partial charge in [-0.25, -0.2) is 14.6 Å². The second kappa shape index (κ2) is 10.6. The van der Waals surface area contributed by atoms with Crippen molar-refractivity contribution in [3.8, 4) is 0 Å². The van der Waals surface area contributed by atoms with E-state index in [0.717, 1.165) is 29.8 Å². The normalized spacial score (nSPS) is 10.5. The lowest BCUT2D eigenvalue weighted by Crippen LogP contribution is -2.35. The Bertz CT molecular complexity index is 746. The largest absolute Gasteiger partial charge is 0.464 e. The monoisotopic (exact) mass is 391 g/mol. The Balaban J connectivity index is 2.06. The number of carbonyl (C=O) groups is 2. The minimum absolute atomic E-state index is 0.0917. The van der Waals surface area contributed by atoms with E-state index in [9.17, 15) is 9.59 Å². The molecule has 1 aromatic carbocycles. The van der Waals surface area contributed by atoms with E-state index in [1.165, 1.54) is 13.4 Å². The lowest BCUT2D eigenvalue weighted by atomic mass is 10.2. The van der Waals surface area contributed by atoms with Gasteiger partial charge in [-0.2, -0.15) is 0 Å². The van der Waals surface area contributed by atoms with Crippen molar-refractivity contribution in [2.45, 2.75) is 37.6 Å². The summed E-state index contributed by atoms with van der Waals surface area (Å²) in [6.45, 7) is 2.85. The molecular weight excluding hydrogens is 366 g/mol. The molecule has 0 aliphatic carbocycles. The number of unbranched alkanes of at least 4 members (excludes halogenated alkanes) is 2. The van der Waals surface area contributed by atoms with Gasteiger partial charge in [-0.1, -0.05) is 19.8 Å². The van der Waals surface area contributed by atoms with Gasteiger partial charge in [-0.05, 0) is 36.9 Å². The lowest BCUT2D eigenvalue weighted by molar-refractivity contribution is 0.0594. The molecule has 0 unspecified atom stereocenters. The third-order valence-corrected chi connectivity index (χ3v) is 4.68. The number of rotatable bonds is 9. The van der Waals surface area contributed by atoms with Crippen LogP contribution in [0, 0.1) is 0 Å². The van der Waals surface area contributed by atoms with Crippen molar-refractivity contribution in [2.24, 2.45) is 0 Å². The molecular formula is C19H25N3O4S. The van der Waals surface area contributed by atoms with Gasteiger partial charge in [0.05, 0.1) is 13.7 Å². The molecule has 0 saturated heterocycles. The summed E-state index contributed by atoms with van der Waals surface area (Å²) in [6, 6.07) is 7.42. The highest BCUT2D eigenvalue weighted by molar-refractivity contribution is 7.98. The molecule has 146 valence electrons. The quantitative estimate of drug-likeness (QED) is 0.387. The molecule has 2 aromatic rings. The number of aromatic nitrogens is 1. The molecule has 0 aliphatic rings. The maximum atomic E-state index is 12.7. The maximum absolute atomic E-state index is 12.7. The Kier molecular flexibility index (Phi) is 8.19. The van der Waals surface area contributed by atoms with Gasteiger partial charge in [0.1, 0.15) is 6.26 Å². The van der Waals surface area contributed by atoms with Crippen LogP contribution in [0.4, 0.5) is 10.5 Å². The number of carbonyl (C=O) groups excluding carboxylic acids is 2. The molecule has 0 atom stereocenters. The van der Waals surface area contributed by atoms with E-state index in [4.69, 9.17) is 4.42 Å². The van der Waals surface area contributed by atoms with Crippen LogP contribution in [0.15, 0.2) is 39.8 Å². The molecule has 7 nitrogen and oxygen atoms in total. The van der Waals surface area contributed by atoms with E-state index in [-0.39, 0.29) is 18.3 Å². The number of hydrogen-bond donors (Lipinski definition) is 1. The van der Waals surface area contributed by atoms with Crippen LogP contribution in [0.1, 0.15) is 42.6 Å². The zero-order valence-electron chi connectivity index (χ0n) is 15.9. The van der Waals surface area contributed by atoms with Crippen molar-refractivity contribution in [1.82, 2.24) is 9.88 Å². The molecule has 0 spiro atoms. The van der Waals surface area contributed by atoms with E-state index in [2.05, 4.69) is 22.0 Å². The van der Waals surface area contributed by atoms with Gasteiger partial charge in [0, 0.05) is 17.1 Å². The molecule has 0 fully saturated rings. The Morgan fingerprint density at radius 3 is 2.63 bits per heavy atom. The van der Waals surface area contributed by atoms with Crippen LogP contribution in [0.3, 0.4) is 0 Å². The summed E-state index contributed by atoms with van der Waals surface area (Å²) in [5, 5.41) is 2.90. The first kappa shape index (κ1) is 20.8. The number of nitrogens with one attached hydrogen (secondary N) is 1. The second-order valence-corrected chi connectivity index (χ2v) is 6.79. The van der Waals surface area contributed by atoms with Crippen LogP contribution in [0.2, 0.25) is 0 Å². The number of amides is 2. The summed E-state index contributed by atoms with van der Waals surface area (Å²) < 4.78 is 9.94. The molecule has 0 aliphatic heterocycles. The summed E-state index contributed by atoms with van der Waals surface area (Å²) in [4.78, 5) is 31.1. The Hall–Kier alpha value is -2.48. The number of methoxy groups -OCH3 is 1. The topological polar surface area (TPSA) is 84.7 Å². The van der Waals surface area contributed by atoms with E-state index in [1.54, 1.807) is 16.7 Å². The van der Waals surface area contributed by atoms with Crippen LogP contribution in [-0.2, 0) is 11.3 Å². The predicted octanol–water partition coefficient (Wildman–Crippen LogP) is 4.41. The number of nitrogens with zero attached hydrogens (tertiary/aromatic N) is 2. The van der Waals surface area contributed by atoms with Crippen molar-refractivity contribution < 1.29 is 18.7 Å². The number of benzene rings is 1. The molecule has 8 heteroatoms. The van der Waals surface area contributed by atoms with E-state index in [1.807, 2.05) is 30.5 Å². The van der Waals surface area contributed by atoms with Gasteiger partial charge < -0.3 is 19.4 Å². The molecule has 2 amide bonds. The number of urea groups is 1. The average Bonchev–Trinajstić information content (AvgIpc) is 3.16. The first-order chi connectivity index (χ1) is 13.1. The van der Waals surface area contributed by atoms with Gasteiger partial charge >= 0.3 is 12.0 Å². The van der Waals surface area contributed by atoms with Gasteiger partial charge in [-0.3, -0.25) is 0 Å². The second-order valence-electron chi connectivity index (χ2n) is 5.91. The molecule has 0 bridgehead atoms. The summed E-state index contributed by atoms with van der Waals surface area (Å²) in [5.41, 5.74) is 0.815. The number of anilines is 1. The highest BCUT2D eigenvalue weighted by atomic mass is 32.2. The van der Waals surface area contributed by atoms with Crippen LogP contribution < -0.4 is 5.32 Å². The van der Waals surface area contributed by atoms with Crippen LogP contribution in [-0.4, -0.2) is 41.8 Å². The fourth-order valence-electron chi connectivity index (χ4n) is 2.43. The first-order valence-corrected chi connectivity index (χ1v) is 10.0. The maximum Gasteiger partial charge on any atom is 0.360 e. The molecule has 27 heavy (non-hydrogen) atoms. The number of thioether (sulfide) groups is 1. The minimum Gasteiger partial charge on any atom is -0.464 e. The van der Waals surface area contributed by atoms with Crippen LogP contribution >= 0.6 is 11.8 Å². The molecule has 0 radical (unpaired) electrons. The summed E-state index contributed by atoms with van der Waals surface area (Å²) >= 11 is 1.64. The number of oxazole rings is 1. The van der Waals surface area contributed by atoms with E-state index >= 15 is 0 Å². The van der Waals surface area contributed by atoms with Crippen molar-refractivity contribution in [3.63, 3.8) is 0 Å². The van der Waals surface area contributed by atoms with Gasteiger partial charge in [-0.15, -0.1) is 11.8 Å². The van der Waals surface area contributed by atoms with Crippen molar-refractivity contribution in [2.75, 3.05) is 25.2 Å². The molecule has 0 saturated carbocycles. The standard InChI is InChI=1S/C19H25N3O4S/c1-4-5-6-11-22(12-17-21-16(13-26-17)18(23)25-2)19(24)20-14-7-9-15(27-3)10-8-14/h7-10,13H,4-6,11-12H2,1-3H3,(H,20,24). The highest BCUT2D eigenvalue weighted by Crippen LogP contribution is 2.18. The fourth-order valence-corrected chi connectivity index (χ4v) is 2.84. The van der Waals surface area contributed by atoms with Gasteiger partial charge in [0.25, 0.3) is 0 Å². The Morgan fingerprint density at radius 2 is 2.00 bits per heavy atom. The summed E-state index contributed by atoms with van der Waals surface area (Å²) in [5.74, 6) is -0.277. The zero-order chi connectivity index (χ0) is 19.6. The third kappa shape index (κ3) is 6.32. The van der Waals surface area contributed by atoms with Gasteiger partial charge in [0.2, 0.25) is 5.89 Å². The molecule has 2 rings (SSSR count). The van der Waals surface area contributed by atoms with Crippen LogP contribution in [0.25, 0.3) is 0 Å². The molecule has 1 N–H and O–H groups in total. The third-order valence-electron chi connectivity index (χ3n) is 3.93. The molecule has 1 heterocycles. The first-order valence-electron chi connectivity index (χ1n) is 8.80. The Morgan fingerprint density at radius 1 is 1.26 bits per heavy atom. The van der Waals surface area contributed by atoms with E-state index in [0.29, 0.717) is 12.4 Å². The average molecular weight is 391 g/mol. The zero-order valence-corrected chi connectivity index (χ0v) is 16.7. The summed E-state index contributed by atoms with van der Waals surface area (Å²) in [7, 11) is 1.28. The minimum atomic E-state index is -0.569. The van der Waals surface area contributed by atoms with Crippen molar-refractivity contribution in [3.05, 3.63) is 42.1 Å². The van der Waals surface area contributed by atoms with Crippen LogP contribution in [0.5, 0.6) is 0 Å². The predicted molar refractivity (Wildman–Crippen MR) is 105 cm³/mol.